The van der Waals surface area contributed by atoms with Crippen molar-refractivity contribution in [3.05, 3.63) is 36.0 Å². The molecule has 1 unspecified atom stereocenters. The number of fused-ring (bicyclic) bond motifs is 1. The van der Waals surface area contributed by atoms with Crippen LogP contribution < -0.4 is 29.6 Å². The Morgan fingerprint density at radius 1 is 1.40 bits per heavy atom. The van der Waals surface area contributed by atoms with E-state index in [1.165, 1.54) is 0 Å². The maximum atomic E-state index is 10.9. The Labute approximate surface area is 112 Å². The zero-order valence-corrected chi connectivity index (χ0v) is 11.4. The SMILES string of the molecule is Cc1cnc2c(S(=O)[O-])cccc2c1.[Na+]. The number of aromatic nitrogens is 1. The average molecular weight is 229 g/mol. The van der Waals surface area contributed by atoms with Crippen LogP contribution in [0, 0.1) is 6.92 Å². The van der Waals surface area contributed by atoms with Crippen molar-refractivity contribution in [2.24, 2.45) is 0 Å². The summed E-state index contributed by atoms with van der Waals surface area (Å²) in [5, 5.41) is 0.853. The molecule has 72 valence electrons. The van der Waals surface area contributed by atoms with E-state index < -0.39 is 11.1 Å². The number of rotatable bonds is 1. The van der Waals surface area contributed by atoms with E-state index in [0.717, 1.165) is 10.9 Å². The van der Waals surface area contributed by atoms with Crippen LogP contribution in [0.2, 0.25) is 0 Å². The molecule has 0 radical (unpaired) electrons. The number of hydrogen-bond acceptors (Lipinski definition) is 3. The number of benzene rings is 1. The van der Waals surface area contributed by atoms with E-state index in [9.17, 15) is 8.76 Å². The third-order valence-corrected chi connectivity index (χ3v) is 2.68. The summed E-state index contributed by atoms with van der Waals surface area (Å²) in [5.41, 5.74) is 1.55. The Kier molecular flexibility index (Phi) is 4.43. The Morgan fingerprint density at radius 2 is 2.13 bits per heavy atom. The van der Waals surface area contributed by atoms with E-state index in [0.29, 0.717) is 5.52 Å². The van der Waals surface area contributed by atoms with Crippen LogP contribution in [0.15, 0.2) is 35.4 Å². The predicted octanol–water partition coefficient (Wildman–Crippen LogP) is -1.21. The molecule has 5 heteroatoms. The van der Waals surface area contributed by atoms with Gasteiger partial charge in [-0.05, 0) is 35.7 Å². The summed E-state index contributed by atoms with van der Waals surface area (Å²) in [4.78, 5) is 4.36. The third kappa shape index (κ3) is 2.65. The van der Waals surface area contributed by atoms with Crippen LogP contribution in [0.25, 0.3) is 10.9 Å². The molecule has 0 aliphatic carbocycles. The van der Waals surface area contributed by atoms with Crippen molar-refractivity contribution in [1.29, 1.82) is 0 Å². The van der Waals surface area contributed by atoms with E-state index >= 15 is 0 Å². The standard InChI is InChI=1S/C10H9NO2S.Na/c1-7-5-8-3-2-4-9(14(12)13)10(8)11-6-7;/h2-6H,1H3,(H,12,13);/q;+1/p-1. The molecule has 0 aliphatic rings. The van der Waals surface area contributed by atoms with Gasteiger partial charge in [-0.15, -0.1) is 0 Å². The van der Waals surface area contributed by atoms with Gasteiger partial charge in [0.15, 0.2) is 0 Å². The van der Waals surface area contributed by atoms with Crippen molar-refractivity contribution in [3.8, 4) is 0 Å². The van der Waals surface area contributed by atoms with Crippen LogP contribution in [0.5, 0.6) is 0 Å². The van der Waals surface area contributed by atoms with Crippen molar-refractivity contribution >= 4 is 22.0 Å². The topological polar surface area (TPSA) is 53.0 Å². The second-order valence-corrected chi connectivity index (χ2v) is 3.98. The number of nitrogens with zero attached hydrogens (tertiary/aromatic N) is 1. The summed E-state index contributed by atoms with van der Waals surface area (Å²) in [5.74, 6) is 0. The van der Waals surface area contributed by atoms with Crippen LogP contribution >= 0.6 is 0 Å². The van der Waals surface area contributed by atoms with Crippen molar-refractivity contribution < 1.29 is 38.3 Å². The Bertz CT molecular complexity index is 516. The molecule has 0 spiro atoms. The summed E-state index contributed by atoms with van der Waals surface area (Å²) in [6, 6.07) is 7.03. The fourth-order valence-electron chi connectivity index (χ4n) is 1.38. The minimum absolute atomic E-state index is 0. The molecular formula is C10H8NNaO2S. The van der Waals surface area contributed by atoms with Gasteiger partial charge in [-0.25, -0.2) is 0 Å². The van der Waals surface area contributed by atoms with Gasteiger partial charge in [-0.1, -0.05) is 12.1 Å². The first-order chi connectivity index (χ1) is 6.68. The van der Waals surface area contributed by atoms with E-state index in [1.807, 2.05) is 19.1 Å². The van der Waals surface area contributed by atoms with Crippen molar-refractivity contribution in [2.75, 3.05) is 0 Å². The van der Waals surface area contributed by atoms with Gasteiger partial charge in [-0.3, -0.25) is 9.19 Å². The van der Waals surface area contributed by atoms with Crippen molar-refractivity contribution in [2.45, 2.75) is 11.8 Å². The second-order valence-electron chi connectivity index (χ2n) is 3.08. The van der Waals surface area contributed by atoms with Crippen LogP contribution in [-0.4, -0.2) is 13.7 Å². The number of para-hydroxylation sites is 1. The maximum Gasteiger partial charge on any atom is 1.00 e. The van der Waals surface area contributed by atoms with Gasteiger partial charge >= 0.3 is 29.6 Å². The first-order valence-corrected chi connectivity index (χ1v) is 5.20. The minimum Gasteiger partial charge on any atom is -0.768 e. The molecule has 0 fully saturated rings. The minimum atomic E-state index is -2.22. The van der Waals surface area contributed by atoms with E-state index in [-0.39, 0.29) is 34.5 Å². The van der Waals surface area contributed by atoms with Crippen LogP contribution in [0.3, 0.4) is 0 Å². The first kappa shape index (κ1) is 12.8. The van der Waals surface area contributed by atoms with Gasteiger partial charge in [0.2, 0.25) is 0 Å². The smallest absolute Gasteiger partial charge is 0.768 e. The molecule has 0 aliphatic heterocycles. The zero-order chi connectivity index (χ0) is 10.1. The Balaban J connectivity index is 0.00000112. The summed E-state index contributed by atoms with van der Waals surface area (Å²) in [6.45, 7) is 1.92. The fraction of sp³-hybridized carbons (Fsp3) is 0.100. The van der Waals surface area contributed by atoms with Crippen molar-refractivity contribution in [1.82, 2.24) is 4.98 Å². The molecule has 0 amide bonds. The summed E-state index contributed by atoms with van der Waals surface area (Å²) in [6.07, 6.45) is 1.67. The molecule has 2 aromatic rings. The summed E-state index contributed by atoms with van der Waals surface area (Å²) < 4.78 is 21.7. The van der Waals surface area contributed by atoms with Gasteiger partial charge < -0.3 is 4.55 Å². The molecule has 1 aromatic heterocycles. The summed E-state index contributed by atoms with van der Waals surface area (Å²) in [7, 11) is 0. The quantitative estimate of drug-likeness (QED) is 0.455. The van der Waals surface area contributed by atoms with E-state index in [2.05, 4.69) is 4.98 Å². The second kappa shape index (κ2) is 5.18. The van der Waals surface area contributed by atoms with E-state index in [1.54, 1.807) is 18.3 Å². The molecule has 0 N–H and O–H groups in total. The largest absolute Gasteiger partial charge is 1.00 e. The number of pyridine rings is 1. The van der Waals surface area contributed by atoms with Gasteiger partial charge in [0.1, 0.15) is 0 Å². The molecule has 1 atom stereocenters. The molecule has 0 saturated carbocycles. The van der Waals surface area contributed by atoms with E-state index in [4.69, 9.17) is 0 Å². The van der Waals surface area contributed by atoms with Crippen LogP contribution in [0.1, 0.15) is 5.56 Å². The van der Waals surface area contributed by atoms with Gasteiger partial charge in [0.05, 0.1) is 10.4 Å². The maximum absolute atomic E-state index is 10.9. The average Bonchev–Trinajstić information content (AvgIpc) is 2.16. The van der Waals surface area contributed by atoms with Crippen LogP contribution in [-0.2, 0) is 11.1 Å². The Morgan fingerprint density at radius 3 is 2.80 bits per heavy atom. The molecule has 0 bridgehead atoms. The number of hydrogen-bond donors (Lipinski definition) is 0. The number of aryl methyl sites for hydroxylation is 1. The Hall–Kier alpha value is -0.260. The molecular weight excluding hydrogens is 221 g/mol. The van der Waals surface area contributed by atoms with Gasteiger partial charge in [0.25, 0.3) is 0 Å². The molecule has 2 rings (SSSR count). The zero-order valence-electron chi connectivity index (χ0n) is 8.56. The monoisotopic (exact) mass is 229 g/mol. The van der Waals surface area contributed by atoms with Crippen molar-refractivity contribution in [3.63, 3.8) is 0 Å². The molecule has 0 saturated heterocycles. The van der Waals surface area contributed by atoms with Gasteiger partial charge in [0, 0.05) is 11.6 Å². The van der Waals surface area contributed by atoms with Gasteiger partial charge in [-0.2, -0.15) is 0 Å². The predicted molar refractivity (Wildman–Crippen MR) is 53.7 cm³/mol. The fourth-order valence-corrected chi connectivity index (χ4v) is 1.90. The molecule has 1 heterocycles. The molecule has 1 aromatic carbocycles. The molecule has 15 heavy (non-hydrogen) atoms. The first-order valence-electron chi connectivity index (χ1n) is 4.13. The summed E-state index contributed by atoms with van der Waals surface area (Å²) >= 11 is -2.22. The third-order valence-electron chi connectivity index (χ3n) is 1.99. The molecule has 3 nitrogen and oxygen atoms in total. The van der Waals surface area contributed by atoms with Crippen LogP contribution in [0.4, 0.5) is 0 Å². The normalized spacial score (nSPS) is 12.1.